The lowest BCUT2D eigenvalue weighted by Gasteiger charge is -2.07. The van der Waals surface area contributed by atoms with E-state index in [-0.39, 0.29) is 24.6 Å². The van der Waals surface area contributed by atoms with Crippen molar-refractivity contribution in [2.75, 3.05) is 19.4 Å². The van der Waals surface area contributed by atoms with Crippen molar-refractivity contribution in [3.8, 4) is 0 Å². The minimum absolute atomic E-state index is 0.146. The summed E-state index contributed by atoms with van der Waals surface area (Å²) in [6, 6.07) is 7.82. The summed E-state index contributed by atoms with van der Waals surface area (Å²) in [5.74, 6) is -0.509. The van der Waals surface area contributed by atoms with Crippen LogP contribution in [-0.4, -0.2) is 35.9 Å². The van der Waals surface area contributed by atoms with E-state index < -0.39 is 5.97 Å². The van der Waals surface area contributed by atoms with Crippen LogP contribution in [0.4, 0.5) is 0 Å². The first-order chi connectivity index (χ1) is 13.8. The molecule has 0 unspecified atom stereocenters. The maximum absolute atomic E-state index is 12.9. The van der Waals surface area contributed by atoms with Gasteiger partial charge in [-0.2, -0.15) is 0 Å². The topological polar surface area (TPSA) is 77.4 Å². The molecular formula is C21H26N2O4S2. The van der Waals surface area contributed by atoms with Crippen LogP contribution in [0.1, 0.15) is 26.3 Å². The molecule has 2 rings (SSSR count). The van der Waals surface area contributed by atoms with Crippen LogP contribution in [0.3, 0.4) is 0 Å². The molecule has 0 atom stereocenters. The molecule has 0 saturated heterocycles. The first-order valence-corrected chi connectivity index (χ1v) is 11.4. The number of rotatable bonds is 8. The molecule has 0 radical (unpaired) electrons. The molecule has 0 aliphatic heterocycles. The molecule has 1 N–H and O–H groups in total. The molecule has 0 spiro atoms. The van der Waals surface area contributed by atoms with E-state index in [2.05, 4.69) is 5.32 Å². The van der Waals surface area contributed by atoms with Crippen molar-refractivity contribution in [2.45, 2.75) is 32.2 Å². The van der Waals surface area contributed by atoms with Gasteiger partial charge in [-0.1, -0.05) is 26.0 Å². The molecular weight excluding hydrogens is 408 g/mol. The average molecular weight is 435 g/mol. The van der Waals surface area contributed by atoms with E-state index in [1.165, 1.54) is 10.6 Å². The van der Waals surface area contributed by atoms with Crippen molar-refractivity contribution >= 4 is 47.1 Å². The second kappa shape index (κ2) is 11.0. The minimum Gasteiger partial charge on any atom is -0.463 e. The fourth-order valence-corrected chi connectivity index (χ4v) is 3.89. The normalized spacial score (nSPS) is 12.4. The van der Waals surface area contributed by atoms with Crippen LogP contribution in [-0.2, 0) is 20.9 Å². The van der Waals surface area contributed by atoms with Crippen molar-refractivity contribution < 1.29 is 14.3 Å². The molecule has 1 heterocycles. The average Bonchev–Trinajstić information content (AvgIpc) is 2.96. The Kier molecular flexibility index (Phi) is 8.72. The van der Waals surface area contributed by atoms with Gasteiger partial charge >= 0.3 is 5.97 Å². The van der Waals surface area contributed by atoms with Crippen LogP contribution in [0.15, 0.2) is 34.0 Å². The van der Waals surface area contributed by atoms with Crippen LogP contribution < -0.4 is 20.1 Å². The molecule has 29 heavy (non-hydrogen) atoms. The maximum Gasteiger partial charge on any atom is 0.333 e. The van der Waals surface area contributed by atoms with Crippen molar-refractivity contribution in [3.05, 3.63) is 49.4 Å². The zero-order valence-corrected chi connectivity index (χ0v) is 18.7. The summed E-state index contributed by atoms with van der Waals surface area (Å²) in [4.78, 5) is 38.2. The summed E-state index contributed by atoms with van der Waals surface area (Å²) in [7, 11) is 0. The number of aromatic nitrogens is 1. The first kappa shape index (κ1) is 23.0. The van der Waals surface area contributed by atoms with Gasteiger partial charge in [0.15, 0.2) is 0 Å². The van der Waals surface area contributed by atoms with Gasteiger partial charge in [-0.15, -0.1) is 23.1 Å². The SMILES string of the molecule is CCOC(=O)/C=c1\s/c(=C/c2ccc(SC)cc2)c(=O)n1CC(=O)NCC(C)C. The Morgan fingerprint density at radius 1 is 1.28 bits per heavy atom. The zero-order valence-electron chi connectivity index (χ0n) is 17.1. The molecule has 0 aliphatic carbocycles. The highest BCUT2D eigenvalue weighted by Gasteiger charge is 2.11. The summed E-state index contributed by atoms with van der Waals surface area (Å²) in [6.07, 6.45) is 5.03. The Morgan fingerprint density at radius 3 is 2.55 bits per heavy atom. The fourth-order valence-electron chi connectivity index (χ4n) is 2.45. The highest BCUT2D eigenvalue weighted by molar-refractivity contribution is 7.98. The quantitative estimate of drug-likeness (QED) is 0.504. The van der Waals surface area contributed by atoms with E-state index in [1.54, 1.807) is 24.8 Å². The number of carbonyl (C=O) groups excluding carboxylic acids is 2. The van der Waals surface area contributed by atoms with Crippen molar-refractivity contribution in [3.63, 3.8) is 0 Å². The second-order valence-corrected chi connectivity index (χ2v) is 8.65. The number of carbonyl (C=O) groups is 2. The molecule has 1 aromatic heterocycles. The van der Waals surface area contributed by atoms with E-state index in [0.29, 0.717) is 21.7 Å². The third-order valence-corrected chi connectivity index (χ3v) is 5.69. The van der Waals surface area contributed by atoms with Crippen molar-refractivity contribution in [1.29, 1.82) is 0 Å². The summed E-state index contributed by atoms with van der Waals surface area (Å²) in [5.41, 5.74) is 0.569. The number of thiazole rings is 1. The van der Waals surface area contributed by atoms with Crippen LogP contribution >= 0.6 is 23.1 Å². The van der Waals surface area contributed by atoms with Gasteiger partial charge in [0, 0.05) is 11.4 Å². The minimum atomic E-state index is -0.541. The number of nitrogens with zero attached hydrogens (tertiary/aromatic N) is 1. The van der Waals surface area contributed by atoms with Gasteiger partial charge < -0.3 is 10.1 Å². The molecule has 1 aromatic carbocycles. The third kappa shape index (κ3) is 6.90. The number of nitrogens with one attached hydrogen (secondary N) is 1. The van der Waals surface area contributed by atoms with Gasteiger partial charge in [0.2, 0.25) is 5.91 Å². The second-order valence-electron chi connectivity index (χ2n) is 6.71. The number of esters is 1. The van der Waals surface area contributed by atoms with Gasteiger partial charge in [-0.25, -0.2) is 4.79 Å². The molecule has 8 heteroatoms. The van der Waals surface area contributed by atoms with E-state index in [4.69, 9.17) is 4.74 Å². The summed E-state index contributed by atoms with van der Waals surface area (Å²) in [6.45, 7) is 6.31. The standard InChI is InChI=1S/C21H26N2O4S2/c1-5-27-20(25)11-19-23(13-18(24)22-12-14(2)3)21(26)17(29-19)10-15-6-8-16(28-4)9-7-15/h6-11,14H,5,12-13H2,1-4H3,(H,22,24)/b17-10+,19-11-. The molecule has 0 aliphatic rings. The van der Waals surface area contributed by atoms with Gasteiger partial charge in [-0.05, 0) is 42.9 Å². The van der Waals surface area contributed by atoms with Crippen LogP contribution in [0.5, 0.6) is 0 Å². The lowest BCUT2D eigenvalue weighted by Crippen LogP contribution is -2.39. The van der Waals surface area contributed by atoms with E-state index in [9.17, 15) is 14.4 Å². The Balaban J connectivity index is 2.46. The van der Waals surface area contributed by atoms with Crippen LogP contribution in [0.2, 0.25) is 0 Å². The first-order valence-electron chi connectivity index (χ1n) is 9.34. The van der Waals surface area contributed by atoms with Crippen LogP contribution in [0.25, 0.3) is 12.2 Å². The highest BCUT2D eigenvalue weighted by Crippen LogP contribution is 2.14. The molecule has 156 valence electrons. The fraction of sp³-hybridized carbons (Fsp3) is 0.381. The molecule has 0 saturated carbocycles. The summed E-state index contributed by atoms with van der Waals surface area (Å²) in [5, 5.41) is 2.80. The summed E-state index contributed by atoms with van der Waals surface area (Å²) >= 11 is 2.81. The lowest BCUT2D eigenvalue weighted by atomic mass is 10.2. The number of thioether (sulfide) groups is 1. The number of benzene rings is 1. The third-order valence-electron chi connectivity index (χ3n) is 3.89. The maximum atomic E-state index is 12.9. The highest BCUT2D eigenvalue weighted by atomic mass is 32.2. The van der Waals surface area contributed by atoms with Gasteiger partial charge in [-0.3, -0.25) is 14.2 Å². The van der Waals surface area contributed by atoms with Gasteiger partial charge in [0.05, 0.1) is 17.2 Å². The van der Waals surface area contributed by atoms with Crippen molar-refractivity contribution in [2.24, 2.45) is 5.92 Å². The smallest absolute Gasteiger partial charge is 0.333 e. The number of hydrogen-bond acceptors (Lipinski definition) is 6. The zero-order chi connectivity index (χ0) is 21.4. The lowest BCUT2D eigenvalue weighted by molar-refractivity contribution is -0.135. The number of hydrogen-bond donors (Lipinski definition) is 1. The van der Waals surface area contributed by atoms with E-state index >= 15 is 0 Å². The van der Waals surface area contributed by atoms with Crippen LogP contribution in [0, 0.1) is 5.92 Å². The van der Waals surface area contributed by atoms with Gasteiger partial charge in [0.1, 0.15) is 11.2 Å². The molecule has 6 nitrogen and oxygen atoms in total. The Hall–Kier alpha value is -2.32. The molecule has 0 fully saturated rings. The summed E-state index contributed by atoms with van der Waals surface area (Å²) < 4.78 is 7.12. The van der Waals surface area contributed by atoms with E-state index in [0.717, 1.165) is 21.8 Å². The molecule has 1 amide bonds. The van der Waals surface area contributed by atoms with Crippen molar-refractivity contribution in [1.82, 2.24) is 9.88 Å². The Bertz CT molecular complexity index is 1020. The Morgan fingerprint density at radius 2 is 1.97 bits per heavy atom. The molecule has 0 bridgehead atoms. The number of ether oxygens (including phenoxy) is 1. The Labute approximate surface area is 178 Å². The number of amides is 1. The van der Waals surface area contributed by atoms with Gasteiger partial charge in [0.25, 0.3) is 5.56 Å². The predicted octanol–water partition coefficient (Wildman–Crippen LogP) is 1.58. The monoisotopic (exact) mass is 434 g/mol. The largest absolute Gasteiger partial charge is 0.463 e. The predicted molar refractivity (Wildman–Crippen MR) is 119 cm³/mol. The molecule has 2 aromatic rings. The van der Waals surface area contributed by atoms with E-state index in [1.807, 2.05) is 44.4 Å².